The van der Waals surface area contributed by atoms with Crippen LogP contribution in [0.1, 0.15) is 24.1 Å². The van der Waals surface area contributed by atoms with Crippen LogP contribution in [0.2, 0.25) is 5.02 Å². The average Bonchev–Trinajstić information content (AvgIpc) is 2.63. The van der Waals surface area contributed by atoms with E-state index < -0.39 is 0 Å². The minimum absolute atomic E-state index is 0.560. The van der Waals surface area contributed by atoms with E-state index in [0.29, 0.717) is 6.04 Å². The zero-order valence-corrected chi connectivity index (χ0v) is 9.57. The maximum absolute atomic E-state index is 5.85. The lowest BCUT2D eigenvalue weighted by atomic mass is 10.0. The fourth-order valence-corrected chi connectivity index (χ4v) is 2.68. The summed E-state index contributed by atoms with van der Waals surface area (Å²) in [5.74, 6) is 0. The van der Waals surface area contributed by atoms with Crippen molar-refractivity contribution in [2.24, 2.45) is 0 Å². The molecule has 1 aliphatic rings. The van der Waals surface area contributed by atoms with Crippen LogP contribution in [0.4, 0.5) is 0 Å². The fourth-order valence-electron chi connectivity index (χ4n) is 1.66. The van der Waals surface area contributed by atoms with Gasteiger partial charge in [0.25, 0.3) is 0 Å². The molecule has 1 atom stereocenters. The van der Waals surface area contributed by atoms with Gasteiger partial charge in [0.2, 0.25) is 0 Å². The molecule has 1 aromatic heterocycles. The van der Waals surface area contributed by atoms with Crippen LogP contribution >= 0.6 is 22.9 Å². The van der Waals surface area contributed by atoms with E-state index >= 15 is 0 Å². The standard InChI is InChI=1S/C11H14ClNS/c12-9-6-11(14-8-9)7-13-10-4-2-1-3-5-10/h2,4,6,8,10,13H,1,3,5,7H2. The van der Waals surface area contributed by atoms with Crippen LogP contribution in [0.5, 0.6) is 0 Å². The Hall–Kier alpha value is -0.310. The summed E-state index contributed by atoms with van der Waals surface area (Å²) in [7, 11) is 0. The van der Waals surface area contributed by atoms with Crippen LogP contribution in [-0.4, -0.2) is 6.04 Å². The summed E-state index contributed by atoms with van der Waals surface area (Å²) in [5, 5.41) is 6.35. The summed E-state index contributed by atoms with van der Waals surface area (Å²) in [6, 6.07) is 2.59. The van der Waals surface area contributed by atoms with Gasteiger partial charge in [-0.3, -0.25) is 0 Å². The lowest BCUT2D eigenvalue weighted by molar-refractivity contribution is 0.525. The molecule has 0 aromatic carbocycles. The molecule has 0 amide bonds. The van der Waals surface area contributed by atoms with Crippen molar-refractivity contribution in [1.82, 2.24) is 5.32 Å². The molecule has 0 saturated heterocycles. The van der Waals surface area contributed by atoms with Crippen molar-refractivity contribution in [3.8, 4) is 0 Å². The van der Waals surface area contributed by atoms with Crippen LogP contribution in [0.3, 0.4) is 0 Å². The van der Waals surface area contributed by atoms with Gasteiger partial charge in [0.05, 0.1) is 5.02 Å². The second-order valence-corrected chi connectivity index (χ2v) is 5.01. The Balaban J connectivity index is 1.82. The van der Waals surface area contributed by atoms with E-state index in [2.05, 4.69) is 17.5 Å². The summed E-state index contributed by atoms with van der Waals surface area (Å²) in [6.07, 6.45) is 8.35. The van der Waals surface area contributed by atoms with E-state index in [0.717, 1.165) is 11.6 Å². The number of allylic oxidation sites excluding steroid dienone is 1. The zero-order chi connectivity index (χ0) is 9.80. The van der Waals surface area contributed by atoms with Crippen LogP contribution in [0.15, 0.2) is 23.6 Å². The van der Waals surface area contributed by atoms with Gasteiger partial charge in [0.1, 0.15) is 0 Å². The highest BCUT2D eigenvalue weighted by molar-refractivity contribution is 7.10. The molecule has 0 fully saturated rings. The Morgan fingerprint density at radius 3 is 3.14 bits per heavy atom. The molecule has 0 saturated carbocycles. The molecule has 1 heterocycles. The first-order chi connectivity index (χ1) is 6.84. The van der Waals surface area contributed by atoms with Gasteiger partial charge in [-0.2, -0.15) is 0 Å². The molecule has 1 nitrogen and oxygen atoms in total. The monoisotopic (exact) mass is 227 g/mol. The number of rotatable bonds is 3. The Bertz CT molecular complexity index is 319. The van der Waals surface area contributed by atoms with Crippen molar-refractivity contribution >= 4 is 22.9 Å². The third kappa shape index (κ3) is 2.84. The topological polar surface area (TPSA) is 12.0 Å². The van der Waals surface area contributed by atoms with E-state index in [4.69, 9.17) is 11.6 Å². The number of hydrogen-bond acceptors (Lipinski definition) is 2. The average molecular weight is 228 g/mol. The van der Waals surface area contributed by atoms with Crippen molar-refractivity contribution in [2.45, 2.75) is 31.8 Å². The van der Waals surface area contributed by atoms with Crippen LogP contribution in [0.25, 0.3) is 0 Å². The lowest BCUT2D eigenvalue weighted by Gasteiger charge is -2.17. The summed E-state index contributed by atoms with van der Waals surface area (Å²) in [5.41, 5.74) is 0. The highest BCUT2D eigenvalue weighted by atomic mass is 35.5. The second-order valence-electron chi connectivity index (χ2n) is 3.58. The van der Waals surface area contributed by atoms with Crippen molar-refractivity contribution < 1.29 is 0 Å². The second kappa shape index (κ2) is 4.96. The molecule has 2 rings (SSSR count). The number of halogens is 1. The summed E-state index contributed by atoms with van der Waals surface area (Å²) < 4.78 is 0. The summed E-state index contributed by atoms with van der Waals surface area (Å²) in [4.78, 5) is 1.31. The van der Waals surface area contributed by atoms with Crippen LogP contribution in [-0.2, 0) is 6.54 Å². The number of hydrogen-bond donors (Lipinski definition) is 1. The molecule has 0 aliphatic heterocycles. The Kier molecular flexibility index (Phi) is 3.62. The van der Waals surface area contributed by atoms with Gasteiger partial charge in [-0.1, -0.05) is 23.8 Å². The number of thiophene rings is 1. The zero-order valence-electron chi connectivity index (χ0n) is 8.00. The van der Waals surface area contributed by atoms with Gasteiger partial charge in [0.15, 0.2) is 0 Å². The van der Waals surface area contributed by atoms with Crippen molar-refractivity contribution in [1.29, 1.82) is 0 Å². The molecular weight excluding hydrogens is 214 g/mol. The molecular formula is C11H14ClNS. The van der Waals surface area contributed by atoms with Gasteiger partial charge in [-0.25, -0.2) is 0 Å². The molecule has 1 aromatic rings. The van der Waals surface area contributed by atoms with Crippen molar-refractivity contribution in [2.75, 3.05) is 0 Å². The van der Waals surface area contributed by atoms with E-state index in [1.807, 2.05) is 11.4 Å². The maximum Gasteiger partial charge on any atom is 0.0516 e. The first-order valence-electron chi connectivity index (χ1n) is 4.97. The van der Waals surface area contributed by atoms with Gasteiger partial charge >= 0.3 is 0 Å². The molecule has 14 heavy (non-hydrogen) atoms. The Morgan fingerprint density at radius 1 is 1.57 bits per heavy atom. The van der Waals surface area contributed by atoms with Crippen molar-refractivity contribution in [3.63, 3.8) is 0 Å². The third-order valence-corrected chi connectivity index (χ3v) is 3.70. The van der Waals surface area contributed by atoms with E-state index in [1.54, 1.807) is 11.3 Å². The fraction of sp³-hybridized carbons (Fsp3) is 0.455. The predicted molar refractivity (Wildman–Crippen MR) is 62.9 cm³/mol. The van der Waals surface area contributed by atoms with Crippen molar-refractivity contribution in [3.05, 3.63) is 33.5 Å². The maximum atomic E-state index is 5.85. The largest absolute Gasteiger partial charge is 0.306 e. The highest BCUT2D eigenvalue weighted by Crippen LogP contribution is 2.19. The Morgan fingerprint density at radius 2 is 2.50 bits per heavy atom. The minimum Gasteiger partial charge on any atom is -0.306 e. The molecule has 1 unspecified atom stereocenters. The molecule has 1 N–H and O–H groups in total. The lowest BCUT2D eigenvalue weighted by Crippen LogP contribution is -2.27. The van der Waals surface area contributed by atoms with E-state index in [1.165, 1.54) is 24.1 Å². The quantitative estimate of drug-likeness (QED) is 0.779. The van der Waals surface area contributed by atoms with Crippen LogP contribution in [0, 0.1) is 0 Å². The van der Waals surface area contributed by atoms with E-state index in [9.17, 15) is 0 Å². The van der Waals surface area contributed by atoms with Gasteiger partial charge in [0, 0.05) is 22.8 Å². The van der Waals surface area contributed by atoms with Gasteiger partial charge in [-0.15, -0.1) is 11.3 Å². The molecule has 0 spiro atoms. The molecule has 76 valence electrons. The predicted octanol–water partition coefficient (Wildman–Crippen LogP) is 3.60. The first-order valence-corrected chi connectivity index (χ1v) is 6.23. The summed E-state index contributed by atoms with van der Waals surface area (Å²) >= 11 is 7.57. The first kappa shape index (κ1) is 10.2. The molecule has 1 aliphatic carbocycles. The molecule has 3 heteroatoms. The van der Waals surface area contributed by atoms with E-state index in [-0.39, 0.29) is 0 Å². The highest BCUT2D eigenvalue weighted by Gasteiger charge is 2.07. The summed E-state index contributed by atoms with van der Waals surface area (Å²) in [6.45, 7) is 0.937. The molecule has 0 bridgehead atoms. The molecule has 0 radical (unpaired) electrons. The van der Waals surface area contributed by atoms with Gasteiger partial charge < -0.3 is 5.32 Å². The SMILES string of the molecule is Clc1csc(CNC2C=CCCC2)c1. The normalized spacial score (nSPS) is 21.4. The Labute approximate surface area is 93.8 Å². The van der Waals surface area contributed by atoms with Crippen LogP contribution < -0.4 is 5.32 Å². The smallest absolute Gasteiger partial charge is 0.0516 e. The van der Waals surface area contributed by atoms with Gasteiger partial charge in [-0.05, 0) is 25.3 Å². The minimum atomic E-state index is 0.560. The number of nitrogens with one attached hydrogen (secondary N) is 1. The third-order valence-electron chi connectivity index (χ3n) is 2.41.